The van der Waals surface area contributed by atoms with E-state index in [-0.39, 0.29) is 11.9 Å². The molecule has 4 rings (SSSR count). The normalized spacial score (nSPS) is 30.6. The predicted octanol–water partition coefficient (Wildman–Crippen LogP) is 3.47. The van der Waals surface area contributed by atoms with Crippen molar-refractivity contribution in [3.8, 4) is 0 Å². The van der Waals surface area contributed by atoms with E-state index in [1.807, 2.05) is 20.8 Å². The number of ether oxygens (including phenoxy) is 2. The Balaban J connectivity index is 1.71. The van der Waals surface area contributed by atoms with Crippen LogP contribution in [0.2, 0.25) is 0 Å². The Bertz CT molecular complexity index is 857. The number of anilines is 1. The summed E-state index contributed by atoms with van der Waals surface area (Å²) < 4.78 is 10.6. The Morgan fingerprint density at radius 1 is 1.15 bits per heavy atom. The molecule has 1 aliphatic heterocycles. The van der Waals surface area contributed by atoms with Gasteiger partial charge in [-0.05, 0) is 51.0 Å². The number of fused-ring (bicyclic) bond motifs is 3. The highest BCUT2D eigenvalue weighted by Gasteiger charge is 2.75. The lowest BCUT2D eigenvalue weighted by Gasteiger charge is -2.35. The van der Waals surface area contributed by atoms with Crippen molar-refractivity contribution in [1.29, 1.82) is 0 Å². The van der Waals surface area contributed by atoms with Crippen molar-refractivity contribution in [2.75, 3.05) is 12.4 Å². The van der Waals surface area contributed by atoms with E-state index in [0.29, 0.717) is 23.4 Å². The molecule has 0 unspecified atom stereocenters. The average molecular weight is 391 g/mol. The zero-order valence-corrected chi connectivity index (χ0v) is 17.0. The molecule has 0 aromatic carbocycles. The number of rotatable bonds is 3. The molecule has 2 heterocycles. The third kappa shape index (κ3) is 2.21. The first-order chi connectivity index (χ1) is 12.7. The van der Waals surface area contributed by atoms with Crippen LogP contribution in [-0.2, 0) is 31.9 Å². The third-order valence-electron chi connectivity index (χ3n) is 7.24. The average Bonchev–Trinajstić information content (AvgIpc) is 3.14. The monoisotopic (exact) mass is 391 g/mol. The third-order valence-corrected chi connectivity index (χ3v) is 8.45. The first kappa shape index (κ1) is 18.5. The van der Waals surface area contributed by atoms with Crippen molar-refractivity contribution in [2.45, 2.75) is 64.9 Å². The van der Waals surface area contributed by atoms with Crippen LogP contribution in [0.5, 0.6) is 0 Å². The number of carbonyl (C=O) groups is 3. The molecule has 2 fully saturated rings. The highest BCUT2D eigenvalue weighted by atomic mass is 32.1. The molecule has 1 saturated carbocycles. The Hall–Kier alpha value is -1.89. The van der Waals surface area contributed by atoms with Gasteiger partial charge in [-0.1, -0.05) is 13.8 Å². The molecule has 0 spiro atoms. The molecule has 6 nitrogen and oxygen atoms in total. The van der Waals surface area contributed by atoms with Crippen molar-refractivity contribution in [3.63, 3.8) is 0 Å². The Morgan fingerprint density at radius 2 is 1.85 bits per heavy atom. The van der Waals surface area contributed by atoms with Gasteiger partial charge in [0.1, 0.15) is 5.00 Å². The molecule has 0 radical (unpaired) electrons. The van der Waals surface area contributed by atoms with Crippen molar-refractivity contribution in [2.24, 2.45) is 10.8 Å². The van der Waals surface area contributed by atoms with E-state index in [1.54, 1.807) is 0 Å². The molecule has 3 aliphatic rings. The molecule has 1 saturated heterocycles. The van der Waals surface area contributed by atoms with Crippen LogP contribution in [0, 0.1) is 10.8 Å². The van der Waals surface area contributed by atoms with Crippen molar-refractivity contribution < 1.29 is 23.9 Å². The second-order valence-corrected chi connectivity index (χ2v) is 9.64. The lowest BCUT2D eigenvalue weighted by Crippen LogP contribution is -2.50. The van der Waals surface area contributed by atoms with Crippen LogP contribution in [0.25, 0.3) is 0 Å². The fourth-order valence-electron chi connectivity index (χ4n) is 4.92. The number of amides is 1. The number of esters is 2. The van der Waals surface area contributed by atoms with Crippen molar-refractivity contribution >= 4 is 34.2 Å². The van der Waals surface area contributed by atoms with Gasteiger partial charge in [-0.2, -0.15) is 0 Å². The van der Waals surface area contributed by atoms with E-state index in [9.17, 15) is 14.4 Å². The van der Waals surface area contributed by atoms with E-state index < -0.39 is 22.4 Å². The number of aryl methyl sites for hydroxylation is 1. The van der Waals surface area contributed by atoms with Crippen LogP contribution in [0.3, 0.4) is 0 Å². The van der Waals surface area contributed by atoms with Gasteiger partial charge >= 0.3 is 11.9 Å². The summed E-state index contributed by atoms with van der Waals surface area (Å²) in [4.78, 5) is 39.3. The minimum Gasteiger partial charge on any atom is -0.465 e. The SMILES string of the molecule is COC(=O)c1c(NC(=O)[C@]23CC[C@@](C)(C(=O)O2)C3(C)C)sc2c1CCCC2. The van der Waals surface area contributed by atoms with Gasteiger partial charge in [0.15, 0.2) is 5.60 Å². The summed E-state index contributed by atoms with van der Waals surface area (Å²) in [6.07, 6.45) is 4.94. The van der Waals surface area contributed by atoms with Gasteiger partial charge in [-0.15, -0.1) is 11.3 Å². The van der Waals surface area contributed by atoms with E-state index in [1.165, 1.54) is 18.4 Å². The van der Waals surface area contributed by atoms with Crippen LogP contribution in [0.15, 0.2) is 0 Å². The highest BCUT2D eigenvalue weighted by Crippen LogP contribution is 2.65. The van der Waals surface area contributed by atoms with Gasteiger partial charge < -0.3 is 14.8 Å². The van der Waals surface area contributed by atoms with Crippen LogP contribution in [-0.4, -0.2) is 30.6 Å². The lowest BCUT2D eigenvalue weighted by atomic mass is 9.66. The maximum absolute atomic E-state index is 13.3. The Labute approximate surface area is 162 Å². The maximum atomic E-state index is 13.3. The summed E-state index contributed by atoms with van der Waals surface area (Å²) >= 11 is 1.44. The fourth-order valence-corrected chi connectivity index (χ4v) is 6.20. The standard InChI is InChI=1S/C20H25NO5S/c1-18(2)19(3)9-10-20(18,26-17(19)24)16(23)21-14-13(15(22)25-4)11-7-5-6-8-12(11)27-14/h5-10H2,1-4H3,(H,21,23)/t19-,20-/m0/s1. The van der Waals surface area contributed by atoms with Crippen LogP contribution >= 0.6 is 11.3 Å². The molecule has 1 aromatic heterocycles. The number of thiophene rings is 1. The van der Waals surface area contributed by atoms with Gasteiger partial charge in [0, 0.05) is 10.3 Å². The van der Waals surface area contributed by atoms with E-state index in [2.05, 4.69) is 5.32 Å². The molecule has 1 amide bonds. The highest BCUT2D eigenvalue weighted by molar-refractivity contribution is 7.17. The molecule has 2 bridgehead atoms. The summed E-state index contributed by atoms with van der Waals surface area (Å²) in [5, 5.41) is 3.45. The molecule has 27 heavy (non-hydrogen) atoms. The van der Waals surface area contributed by atoms with E-state index >= 15 is 0 Å². The molecule has 2 atom stereocenters. The zero-order valence-electron chi connectivity index (χ0n) is 16.2. The first-order valence-electron chi connectivity index (χ1n) is 9.46. The topological polar surface area (TPSA) is 81.7 Å². The molecule has 1 aromatic rings. The molecule has 2 aliphatic carbocycles. The van der Waals surface area contributed by atoms with Gasteiger partial charge in [0.05, 0.1) is 18.1 Å². The summed E-state index contributed by atoms with van der Waals surface area (Å²) in [5.41, 5.74) is -1.03. The maximum Gasteiger partial charge on any atom is 0.341 e. The van der Waals surface area contributed by atoms with E-state index in [0.717, 1.165) is 36.1 Å². The molecule has 1 N–H and O–H groups in total. The number of hydrogen-bond donors (Lipinski definition) is 1. The molecular weight excluding hydrogens is 366 g/mol. The fraction of sp³-hybridized carbons (Fsp3) is 0.650. The smallest absolute Gasteiger partial charge is 0.341 e. The van der Waals surface area contributed by atoms with Gasteiger partial charge in [-0.25, -0.2) is 4.79 Å². The number of methoxy groups -OCH3 is 1. The summed E-state index contributed by atoms with van der Waals surface area (Å²) in [6.45, 7) is 5.72. The second kappa shape index (κ2) is 5.80. The van der Waals surface area contributed by atoms with Gasteiger partial charge in [0.25, 0.3) is 5.91 Å². The lowest BCUT2D eigenvalue weighted by molar-refractivity contribution is -0.165. The minimum absolute atomic E-state index is 0.312. The number of nitrogens with one attached hydrogen (secondary N) is 1. The second-order valence-electron chi connectivity index (χ2n) is 8.53. The van der Waals surface area contributed by atoms with Gasteiger partial charge in [-0.3, -0.25) is 9.59 Å². The zero-order chi connectivity index (χ0) is 19.6. The number of carbonyl (C=O) groups excluding carboxylic acids is 3. The van der Waals surface area contributed by atoms with Crippen LogP contribution in [0.1, 0.15) is 67.3 Å². The van der Waals surface area contributed by atoms with E-state index in [4.69, 9.17) is 9.47 Å². The molecule has 7 heteroatoms. The minimum atomic E-state index is -1.20. The largest absolute Gasteiger partial charge is 0.465 e. The molecule has 146 valence electrons. The van der Waals surface area contributed by atoms with Crippen molar-refractivity contribution in [1.82, 2.24) is 0 Å². The number of hydrogen-bond acceptors (Lipinski definition) is 6. The Kier molecular flexibility index (Phi) is 3.97. The quantitative estimate of drug-likeness (QED) is 0.798. The Morgan fingerprint density at radius 3 is 2.44 bits per heavy atom. The first-order valence-corrected chi connectivity index (χ1v) is 10.3. The van der Waals surface area contributed by atoms with Crippen molar-refractivity contribution in [3.05, 3.63) is 16.0 Å². The van der Waals surface area contributed by atoms with Crippen LogP contribution in [0.4, 0.5) is 5.00 Å². The summed E-state index contributed by atoms with van der Waals surface area (Å²) in [5.74, 6) is -1.08. The molecular formula is C20H25NO5S. The summed E-state index contributed by atoms with van der Waals surface area (Å²) in [7, 11) is 1.35. The summed E-state index contributed by atoms with van der Waals surface area (Å²) in [6, 6.07) is 0. The van der Waals surface area contributed by atoms with Gasteiger partial charge in [0.2, 0.25) is 0 Å². The van der Waals surface area contributed by atoms with Crippen LogP contribution < -0.4 is 5.32 Å². The predicted molar refractivity (Wildman–Crippen MR) is 101 cm³/mol.